The van der Waals surface area contributed by atoms with Crippen LogP contribution in [0.5, 0.6) is 0 Å². The third kappa shape index (κ3) is 4.73. The molecule has 0 amide bonds. The highest BCUT2D eigenvalue weighted by atomic mass is 28.3. The van der Waals surface area contributed by atoms with Gasteiger partial charge in [0, 0.05) is 43.0 Å². The maximum absolute atomic E-state index is 12.6. The topological polar surface area (TPSA) is 95.4 Å². The lowest BCUT2D eigenvalue weighted by atomic mass is 9.68. The molecule has 4 aromatic heterocycles. The second-order valence-corrected chi connectivity index (χ2v) is 14.3. The lowest BCUT2D eigenvalue weighted by Gasteiger charge is -2.38. The van der Waals surface area contributed by atoms with Gasteiger partial charge in [-0.05, 0) is 86.0 Å². The summed E-state index contributed by atoms with van der Waals surface area (Å²) in [6.07, 6.45) is 16.7. The number of imidazole rings is 1. The van der Waals surface area contributed by atoms with Crippen molar-refractivity contribution in [3.8, 4) is 11.3 Å². The Kier molecular flexibility index (Phi) is 6.42. The molecule has 2 saturated heterocycles. The van der Waals surface area contributed by atoms with Gasteiger partial charge in [0.1, 0.15) is 11.3 Å². The van der Waals surface area contributed by atoms with Crippen molar-refractivity contribution in [3.05, 3.63) is 60.3 Å². The number of pyridine rings is 1. The highest BCUT2D eigenvalue weighted by Gasteiger charge is 2.42. The number of rotatable bonds is 7. The second-order valence-electron chi connectivity index (χ2n) is 12.6. The number of fused-ring (bicyclic) bond motifs is 2. The average molecular weight is 581 g/mol. The number of hydrogen-bond donors (Lipinski definition) is 0. The van der Waals surface area contributed by atoms with Crippen molar-refractivity contribution < 1.29 is 9.20 Å². The van der Waals surface area contributed by atoms with Crippen molar-refractivity contribution in [2.45, 2.75) is 70.8 Å². The minimum atomic E-state index is -1.93. The summed E-state index contributed by atoms with van der Waals surface area (Å²) in [5.74, 6) is 0. The predicted molar refractivity (Wildman–Crippen MR) is 160 cm³/mol. The minimum Gasteiger partial charge on any atom is -0.383 e. The monoisotopic (exact) mass is 580 g/mol. The Morgan fingerprint density at radius 2 is 2.00 bits per heavy atom. The second kappa shape index (κ2) is 10.3. The van der Waals surface area contributed by atoms with Crippen molar-refractivity contribution in [2.24, 2.45) is 5.41 Å². The Morgan fingerprint density at radius 3 is 2.79 bits per heavy atom. The molecule has 5 aromatic rings. The van der Waals surface area contributed by atoms with Crippen LogP contribution in [0.1, 0.15) is 62.4 Å². The van der Waals surface area contributed by atoms with Crippen LogP contribution < -0.4 is 5.19 Å². The van der Waals surface area contributed by atoms with Crippen LogP contribution in [-0.2, 0) is 22.3 Å². The molecule has 1 atom stereocenters. The molecular weight excluding hydrogens is 544 g/mol. The van der Waals surface area contributed by atoms with Crippen LogP contribution in [-0.4, -0.2) is 67.4 Å². The first kappa shape index (κ1) is 26.1. The van der Waals surface area contributed by atoms with Crippen LogP contribution in [0.4, 0.5) is 0 Å². The Bertz CT molecular complexity index is 1800. The summed E-state index contributed by atoms with van der Waals surface area (Å²) in [5, 5.41) is 15.4. The van der Waals surface area contributed by atoms with Gasteiger partial charge in [-0.15, -0.1) is 5.10 Å². The zero-order valence-corrected chi connectivity index (χ0v) is 25.1. The van der Waals surface area contributed by atoms with E-state index in [1.54, 1.807) is 6.55 Å². The number of aromatic nitrogens is 7. The molecule has 216 valence electrons. The van der Waals surface area contributed by atoms with Crippen LogP contribution >= 0.6 is 0 Å². The van der Waals surface area contributed by atoms with Crippen LogP contribution in [0.2, 0.25) is 6.55 Å². The first-order chi connectivity index (χ1) is 20.5. The van der Waals surface area contributed by atoms with Gasteiger partial charge < -0.3 is 13.6 Å². The van der Waals surface area contributed by atoms with E-state index in [1.807, 2.05) is 33.9 Å². The molecule has 0 radical (unpaired) electrons. The van der Waals surface area contributed by atoms with Gasteiger partial charge in [0.2, 0.25) is 0 Å². The Morgan fingerprint density at radius 1 is 1.07 bits per heavy atom. The fourth-order valence-corrected chi connectivity index (χ4v) is 7.83. The number of benzene rings is 1. The largest absolute Gasteiger partial charge is 0.383 e. The highest BCUT2D eigenvalue weighted by molar-refractivity contribution is 6.58. The Balaban J connectivity index is 1.04. The summed E-state index contributed by atoms with van der Waals surface area (Å²) < 4.78 is 24.6. The molecule has 3 aliphatic rings. The van der Waals surface area contributed by atoms with Crippen molar-refractivity contribution >= 4 is 30.4 Å². The third-order valence-electron chi connectivity index (χ3n) is 9.59. The number of likely N-dealkylation sites (tertiary alicyclic amines) is 1. The van der Waals surface area contributed by atoms with Gasteiger partial charge in [-0.3, -0.25) is 4.90 Å². The summed E-state index contributed by atoms with van der Waals surface area (Å²) in [5.41, 5.74) is 6.36. The van der Waals surface area contributed by atoms with Crippen molar-refractivity contribution in [3.63, 3.8) is 0 Å². The van der Waals surface area contributed by atoms with Crippen molar-refractivity contribution in [2.75, 3.05) is 19.7 Å². The zero-order chi connectivity index (χ0) is 28.3. The molecule has 1 saturated carbocycles. The van der Waals surface area contributed by atoms with E-state index in [-0.39, 0.29) is 6.23 Å². The van der Waals surface area contributed by atoms with E-state index < -0.39 is 8.68 Å². The zero-order valence-electron chi connectivity index (χ0n) is 24.1. The van der Waals surface area contributed by atoms with Gasteiger partial charge >= 0.3 is 8.68 Å². The molecule has 0 bridgehead atoms. The molecule has 42 heavy (non-hydrogen) atoms. The van der Waals surface area contributed by atoms with E-state index in [0.717, 1.165) is 71.1 Å². The first-order valence-electron chi connectivity index (χ1n) is 15.3. The van der Waals surface area contributed by atoms with Gasteiger partial charge in [-0.25, -0.2) is 14.3 Å². The number of hydrogen-bond acceptors (Lipinski definition) is 7. The summed E-state index contributed by atoms with van der Waals surface area (Å²) in [6.45, 7) is 6.48. The summed E-state index contributed by atoms with van der Waals surface area (Å²) in [6, 6.07) is 8.30. The maximum Gasteiger partial charge on any atom is 0.308 e. The molecule has 3 fully saturated rings. The van der Waals surface area contributed by atoms with E-state index in [4.69, 9.17) is 9.72 Å². The molecule has 1 unspecified atom stereocenters. The van der Waals surface area contributed by atoms with Gasteiger partial charge in [-0.1, -0.05) is 17.7 Å². The van der Waals surface area contributed by atoms with Gasteiger partial charge in [-0.2, -0.15) is 5.10 Å². The van der Waals surface area contributed by atoms with E-state index in [2.05, 4.69) is 49.2 Å². The van der Waals surface area contributed by atoms with E-state index in [1.165, 1.54) is 44.3 Å². The van der Waals surface area contributed by atoms with E-state index in [0.29, 0.717) is 12.0 Å². The van der Waals surface area contributed by atoms with Crippen molar-refractivity contribution in [1.29, 1.82) is 0 Å². The lowest BCUT2D eigenvalue weighted by molar-refractivity contribution is -0.0366. The highest BCUT2D eigenvalue weighted by Crippen LogP contribution is 2.48. The smallest absolute Gasteiger partial charge is 0.308 e. The van der Waals surface area contributed by atoms with E-state index >= 15 is 0 Å². The molecular formula is C31H36N8O2Si. The normalized spacial score (nSPS) is 20.5. The Hall–Kier alpha value is -3.54. The maximum atomic E-state index is 12.6. The first-order valence-corrected chi connectivity index (χ1v) is 17.2. The van der Waals surface area contributed by atoms with Crippen LogP contribution in [0.15, 0.2) is 49.1 Å². The molecule has 2 aliphatic heterocycles. The molecule has 0 N–H and O–H groups in total. The number of nitrogens with zero attached hydrogens (tertiary/aromatic N) is 8. The average Bonchev–Trinajstić information content (AvgIpc) is 3.78. The molecule has 6 heterocycles. The third-order valence-corrected chi connectivity index (χ3v) is 10.7. The SMILES string of the molecule is C[Si](=O)c1cc(-c2cn(Cc3cn4cc(CN5CCC6(CCC6)C5)ccc4n3)nn2)c2cnn(C3CCCCO3)c2c1. The fourth-order valence-electron chi connectivity index (χ4n) is 7.14. The Labute approximate surface area is 246 Å². The molecule has 1 aromatic carbocycles. The standard InChI is InChI=1S/C31H36N8O2Si/c1-42(40)24-13-25(26-15-32-39(28(26)14-24)30-5-2-3-12-41-30)27-20-38(35-34-27)19-23-18-37-17-22(6-7-29(37)33-23)16-36-11-10-31(21-36)8-4-9-31/h6-7,13-15,17-18,20,30H,2-5,8-12,16,19,21H2,1H3. The van der Waals surface area contributed by atoms with Gasteiger partial charge in [0.05, 0.1) is 30.1 Å². The van der Waals surface area contributed by atoms with Crippen LogP contribution in [0.3, 0.4) is 0 Å². The molecule has 8 rings (SSSR count). The summed E-state index contributed by atoms with van der Waals surface area (Å²) >= 11 is 0. The van der Waals surface area contributed by atoms with Crippen LogP contribution in [0, 0.1) is 5.41 Å². The molecule has 11 heteroatoms. The summed E-state index contributed by atoms with van der Waals surface area (Å²) in [4.78, 5) is 7.46. The number of ether oxygens (including phenoxy) is 1. The minimum absolute atomic E-state index is 0.0977. The molecule has 10 nitrogen and oxygen atoms in total. The van der Waals surface area contributed by atoms with Gasteiger partial charge in [0.25, 0.3) is 0 Å². The van der Waals surface area contributed by atoms with Crippen LogP contribution in [0.25, 0.3) is 27.8 Å². The summed E-state index contributed by atoms with van der Waals surface area (Å²) in [7, 11) is -1.93. The molecule has 1 spiro atoms. The van der Waals surface area contributed by atoms with Crippen molar-refractivity contribution in [1.82, 2.24) is 39.1 Å². The quantitative estimate of drug-likeness (QED) is 0.265. The lowest BCUT2D eigenvalue weighted by Crippen LogP contribution is -2.32. The molecule has 1 aliphatic carbocycles. The van der Waals surface area contributed by atoms with Gasteiger partial charge in [0.15, 0.2) is 6.23 Å². The fraction of sp³-hybridized carbons (Fsp3) is 0.484. The van der Waals surface area contributed by atoms with E-state index in [9.17, 15) is 4.46 Å². The predicted octanol–water partition coefficient (Wildman–Crippen LogP) is 4.32.